The van der Waals surface area contributed by atoms with E-state index in [1.54, 1.807) is 31.1 Å². The van der Waals surface area contributed by atoms with Crippen LogP contribution in [0.15, 0.2) is 47.4 Å². The predicted octanol–water partition coefficient (Wildman–Crippen LogP) is 3.78. The maximum atomic E-state index is 14.9. The van der Waals surface area contributed by atoms with Gasteiger partial charge in [-0.3, -0.25) is 9.59 Å². The van der Waals surface area contributed by atoms with Crippen LogP contribution in [0.5, 0.6) is 0 Å². The van der Waals surface area contributed by atoms with Gasteiger partial charge < -0.3 is 14.2 Å². The van der Waals surface area contributed by atoms with Crippen molar-refractivity contribution in [2.45, 2.75) is 56.7 Å². The molecule has 4 rings (SSSR count). The van der Waals surface area contributed by atoms with Gasteiger partial charge in [-0.15, -0.1) is 0 Å². The van der Waals surface area contributed by atoms with Crippen LogP contribution in [0.1, 0.15) is 38.2 Å². The molecule has 1 amide bonds. The SMILES string of the molecule is CN(C)Cc1ccc(-c2ccc3c(=O)n(CCC(C)(C(=O)NOC4CCCCO4)S(C)(=O)=O)ccc3c2)c(F)c1F. The molecule has 1 N–H and O–H groups in total. The highest BCUT2D eigenvalue weighted by Crippen LogP contribution is 2.29. The Morgan fingerprint density at radius 3 is 2.59 bits per heavy atom. The predicted molar refractivity (Wildman–Crippen MR) is 152 cm³/mol. The molecule has 2 atom stereocenters. The third-order valence-electron chi connectivity index (χ3n) is 7.49. The molecule has 0 spiro atoms. The van der Waals surface area contributed by atoms with Crippen molar-refractivity contribution in [1.29, 1.82) is 0 Å². The summed E-state index contributed by atoms with van der Waals surface area (Å²) in [5, 5.41) is 0.815. The Labute approximate surface area is 237 Å². The molecule has 0 radical (unpaired) electrons. The minimum absolute atomic E-state index is 0.0688. The summed E-state index contributed by atoms with van der Waals surface area (Å²) < 4.78 is 59.8. The second-order valence-corrected chi connectivity index (χ2v) is 13.3. The summed E-state index contributed by atoms with van der Waals surface area (Å²) in [6.45, 7) is 1.96. The first-order valence-electron chi connectivity index (χ1n) is 13.3. The van der Waals surface area contributed by atoms with Gasteiger partial charge in [0.05, 0.1) is 0 Å². The fourth-order valence-corrected chi connectivity index (χ4v) is 5.58. The monoisotopic (exact) mass is 591 g/mol. The molecule has 12 heteroatoms. The third-order valence-corrected chi connectivity index (χ3v) is 9.51. The average Bonchev–Trinajstić information content (AvgIpc) is 2.93. The number of fused-ring (bicyclic) bond motifs is 1. The number of halogens is 2. The number of aromatic nitrogens is 1. The maximum Gasteiger partial charge on any atom is 0.264 e. The summed E-state index contributed by atoms with van der Waals surface area (Å²) >= 11 is 0. The molecule has 2 unspecified atom stereocenters. The van der Waals surface area contributed by atoms with Crippen molar-refractivity contribution in [3.05, 3.63) is 70.1 Å². The Morgan fingerprint density at radius 1 is 1.17 bits per heavy atom. The number of hydrogen-bond acceptors (Lipinski definition) is 7. The topological polar surface area (TPSA) is 107 Å². The van der Waals surface area contributed by atoms with Gasteiger partial charge in [-0.25, -0.2) is 27.5 Å². The standard InChI is InChI=1S/C29H35F2N3O6S/c1-29(41(4,37)38,28(36)32-40-24-7-5-6-16-39-24)13-15-34-14-12-20-17-19(8-11-23(20)27(34)35)22-10-9-21(18-33(2)3)25(30)26(22)31/h8-12,14,17,24H,5-7,13,15-16,18H2,1-4H3,(H,32,36). The summed E-state index contributed by atoms with van der Waals surface area (Å²) in [5.74, 6) is -2.73. The molecule has 41 heavy (non-hydrogen) atoms. The van der Waals surface area contributed by atoms with Crippen molar-refractivity contribution >= 4 is 26.5 Å². The van der Waals surface area contributed by atoms with Crippen LogP contribution in [0.2, 0.25) is 0 Å². The number of carbonyl (C=O) groups is 1. The molecule has 2 aromatic carbocycles. The number of hydroxylamine groups is 1. The van der Waals surface area contributed by atoms with E-state index in [1.807, 2.05) is 0 Å². The Balaban J connectivity index is 1.55. The van der Waals surface area contributed by atoms with E-state index >= 15 is 0 Å². The van der Waals surface area contributed by atoms with E-state index in [4.69, 9.17) is 9.57 Å². The first-order chi connectivity index (χ1) is 19.3. The van der Waals surface area contributed by atoms with Crippen molar-refractivity contribution in [2.24, 2.45) is 0 Å². The molecule has 222 valence electrons. The third kappa shape index (κ3) is 6.66. The number of benzene rings is 2. The highest BCUT2D eigenvalue weighted by Gasteiger charge is 2.44. The fraction of sp³-hybridized carbons (Fsp3) is 0.448. The van der Waals surface area contributed by atoms with Crippen LogP contribution >= 0.6 is 0 Å². The molecule has 9 nitrogen and oxygen atoms in total. The number of nitrogens with one attached hydrogen (secondary N) is 1. The molecule has 1 aliphatic heterocycles. The van der Waals surface area contributed by atoms with Crippen molar-refractivity contribution in [3.63, 3.8) is 0 Å². The first kappa shape index (κ1) is 30.8. The summed E-state index contributed by atoms with van der Waals surface area (Å²) in [5.41, 5.74) is 2.54. The number of hydrogen-bond donors (Lipinski definition) is 1. The van der Waals surface area contributed by atoms with E-state index in [9.17, 15) is 26.8 Å². The van der Waals surface area contributed by atoms with Crippen LogP contribution < -0.4 is 11.0 Å². The van der Waals surface area contributed by atoms with Crippen LogP contribution in [0.3, 0.4) is 0 Å². The Bertz CT molecular complexity index is 1600. The Kier molecular flexibility index (Phi) is 9.27. The number of nitrogens with zero attached hydrogens (tertiary/aromatic N) is 2. The largest absolute Gasteiger partial charge is 0.350 e. The number of sulfone groups is 1. The molecule has 2 heterocycles. The molecular formula is C29H35F2N3O6S. The van der Waals surface area contributed by atoms with Gasteiger partial charge in [0.25, 0.3) is 11.5 Å². The van der Waals surface area contributed by atoms with E-state index in [0.717, 1.165) is 19.1 Å². The number of pyridine rings is 1. The van der Waals surface area contributed by atoms with Gasteiger partial charge in [0.1, 0.15) is 0 Å². The van der Waals surface area contributed by atoms with Crippen LogP contribution in [-0.2, 0) is 37.3 Å². The number of ether oxygens (including phenoxy) is 1. The van der Waals surface area contributed by atoms with E-state index < -0.39 is 44.0 Å². The molecule has 0 aliphatic carbocycles. The van der Waals surface area contributed by atoms with Gasteiger partial charge in [0, 0.05) is 55.1 Å². The van der Waals surface area contributed by atoms with Crippen LogP contribution in [-0.4, -0.2) is 61.8 Å². The minimum atomic E-state index is -3.91. The molecule has 1 saturated heterocycles. The Hall–Kier alpha value is -3.19. The number of rotatable bonds is 10. The second-order valence-electron chi connectivity index (χ2n) is 10.9. The van der Waals surface area contributed by atoms with Crippen molar-refractivity contribution in [2.75, 3.05) is 27.0 Å². The summed E-state index contributed by atoms with van der Waals surface area (Å²) in [6.07, 6.45) is 3.93. The zero-order valence-corrected chi connectivity index (χ0v) is 24.4. The van der Waals surface area contributed by atoms with Crippen LogP contribution in [0.25, 0.3) is 21.9 Å². The van der Waals surface area contributed by atoms with E-state index in [-0.39, 0.29) is 30.6 Å². The minimum Gasteiger partial charge on any atom is -0.350 e. The van der Waals surface area contributed by atoms with Gasteiger partial charge in [-0.05, 0) is 69.4 Å². The molecule has 1 aliphatic rings. The van der Waals surface area contributed by atoms with E-state index in [0.29, 0.717) is 29.4 Å². The quantitative estimate of drug-likeness (QED) is 0.358. The summed E-state index contributed by atoms with van der Waals surface area (Å²) in [7, 11) is -0.386. The lowest BCUT2D eigenvalue weighted by Gasteiger charge is -2.28. The Morgan fingerprint density at radius 2 is 1.93 bits per heavy atom. The van der Waals surface area contributed by atoms with Gasteiger partial charge in [-0.2, -0.15) is 0 Å². The lowest BCUT2D eigenvalue weighted by atomic mass is 9.99. The lowest BCUT2D eigenvalue weighted by molar-refractivity contribution is -0.201. The van der Waals surface area contributed by atoms with Gasteiger partial charge in [0.2, 0.25) is 0 Å². The lowest BCUT2D eigenvalue weighted by Crippen LogP contribution is -2.51. The molecule has 1 aromatic heterocycles. The van der Waals surface area contributed by atoms with E-state index in [2.05, 4.69) is 5.48 Å². The number of amides is 1. The fourth-order valence-electron chi connectivity index (χ4n) is 4.74. The first-order valence-corrected chi connectivity index (χ1v) is 15.2. The highest BCUT2D eigenvalue weighted by atomic mass is 32.2. The second kappa shape index (κ2) is 12.4. The highest BCUT2D eigenvalue weighted by molar-refractivity contribution is 7.92. The smallest absolute Gasteiger partial charge is 0.264 e. The zero-order valence-electron chi connectivity index (χ0n) is 23.6. The summed E-state index contributed by atoms with van der Waals surface area (Å²) in [6, 6.07) is 9.35. The zero-order chi connectivity index (χ0) is 29.9. The number of aryl methyl sites for hydroxylation is 1. The molecular weight excluding hydrogens is 556 g/mol. The normalized spacial score (nSPS) is 17.5. The molecule has 3 aromatic rings. The molecule has 0 bridgehead atoms. The van der Waals surface area contributed by atoms with Gasteiger partial charge >= 0.3 is 0 Å². The molecule has 0 saturated carbocycles. The molecule has 1 fully saturated rings. The average molecular weight is 592 g/mol. The van der Waals surface area contributed by atoms with Crippen molar-refractivity contribution in [3.8, 4) is 11.1 Å². The maximum absolute atomic E-state index is 14.9. The van der Waals surface area contributed by atoms with Gasteiger partial charge in [0.15, 0.2) is 32.5 Å². The van der Waals surface area contributed by atoms with Crippen molar-refractivity contribution in [1.82, 2.24) is 14.9 Å². The van der Waals surface area contributed by atoms with Gasteiger partial charge in [-0.1, -0.05) is 18.2 Å². The number of carbonyl (C=O) groups excluding carboxylic acids is 1. The van der Waals surface area contributed by atoms with Crippen LogP contribution in [0.4, 0.5) is 8.78 Å². The van der Waals surface area contributed by atoms with Crippen molar-refractivity contribution < 1.29 is 31.6 Å². The summed E-state index contributed by atoms with van der Waals surface area (Å²) in [4.78, 5) is 33.2. The van der Waals surface area contributed by atoms with E-state index in [1.165, 1.54) is 42.0 Å². The van der Waals surface area contributed by atoms with Crippen LogP contribution in [0, 0.1) is 11.6 Å².